The molecule has 0 bridgehead atoms. The van der Waals surface area contributed by atoms with Gasteiger partial charge in [0.2, 0.25) is 0 Å². The summed E-state index contributed by atoms with van der Waals surface area (Å²) >= 11 is 0. The maximum Gasteiger partial charge on any atom is 0.111 e. The van der Waals surface area contributed by atoms with Crippen molar-refractivity contribution in [2.45, 2.75) is 65.2 Å². The van der Waals surface area contributed by atoms with E-state index in [2.05, 4.69) is 47.6 Å². The van der Waals surface area contributed by atoms with Crippen LogP contribution >= 0.6 is 0 Å². The third-order valence-electron chi connectivity index (χ3n) is 4.15. The topological polar surface area (TPSA) is 57.4 Å². The molecular weight excluding hydrogens is 248 g/mol. The molecule has 2 rings (SSSR count). The molecule has 2 aromatic rings. The Morgan fingerprint density at radius 2 is 1.55 bits per heavy atom. The fraction of sp³-hybridized carbons (Fsp3) is 0.625. The lowest BCUT2D eigenvalue weighted by molar-refractivity contribution is 0.359. The van der Waals surface area contributed by atoms with Crippen molar-refractivity contribution >= 4 is 0 Å². The molecule has 0 aliphatic carbocycles. The van der Waals surface area contributed by atoms with Crippen molar-refractivity contribution in [1.82, 2.24) is 19.9 Å². The summed E-state index contributed by atoms with van der Waals surface area (Å²) < 4.78 is 0. The number of aromatic nitrogens is 4. The van der Waals surface area contributed by atoms with Crippen molar-refractivity contribution in [3.8, 4) is 0 Å². The molecule has 0 radical (unpaired) electrons. The van der Waals surface area contributed by atoms with Crippen molar-refractivity contribution < 1.29 is 0 Å². The number of hydrogen-bond donors (Lipinski definition) is 2. The van der Waals surface area contributed by atoms with Gasteiger partial charge in [0.05, 0.1) is 0 Å². The predicted octanol–water partition coefficient (Wildman–Crippen LogP) is 3.79. The molecule has 0 aliphatic rings. The van der Waals surface area contributed by atoms with E-state index in [9.17, 15) is 0 Å². The minimum Gasteiger partial charge on any atom is -0.346 e. The van der Waals surface area contributed by atoms with Crippen LogP contribution in [0.1, 0.15) is 63.6 Å². The Kier molecular flexibility index (Phi) is 3.76. The molecule has 0 saturated carbocycles. The Labute approximate surface area is 121 Å². The van der Waals surface area contributed by atoms with Gasteiger partial charge in [-0.3, -0.25) is 0 Å². The van der Waals surface area contributed by atoms with E-state index in [1.165, 1.54) is 5.69 Å². The molecular formula is C16H26N4. The van der Waals surface area contributed by atoms with Crippen LogP contribution in [-0.4, -0.2) is 19.9 Å². The maximum atomic E-state index is 4.49. The predicted molar refractivity (Wildman–Crippen MR) is 81.9 cm³/mol. The normalized spacial score (nSPS) is 12.9. The van der Waals surface area contributed by atoms with Crippen molar-refractivity contribution in [2.75, 3.05) is 0 Å². The van der Waals surface area contributed by atoms with E-state index in [4.69, 9.17) is 0 Å². The lowest BCUT2D eigenvalue weighted by atomic mass is 9.77. The van der Waals surface area contributed by atoms with Gasteiger partial charge >= 0.3 is 0 Å². The second kappa shape index (κ2) is 5.08. The van der Waals surface area contributed by atoms with Crippen LogP contribution in [-0.2, 0) is 10.8 Å². The zero-order chi connectivity index (χ0) is 15.0. The first kappa shape index (κ1) is 14.8. The van der Waals surface area contributed by atoms with Gasteiger partial charge in [-0.1, -0.05) is 27.7 Å². The lowest BCUT2D eigenvalue weighted by Gasteiger charge is -2.29. The largest absolute Gasteiger partial charge is 0.346 e. The van der Waals surface area contributed by atoms with E-state index in [0.717, 1.165) is 30.2 Å². The molecule has 4 heteroatoms. The molecule has 2 aromatic heterocycles. The van der Waals surface area contributed by atoms with E-state index in [0.29, 0.717) is 0 Å². The van der Waals surface area contributed by atoms with E-state index in [1.807, 2.05) is 26.2 Å². The van der Waals surface area contributed by atoms with Crippen LogP contribution in [0, 0.1) is 13.8 Å². The minimum atomic E-state index is 0.0561. The van der Waals surface area contributed by atoms with Gasteiger partial charge in [-0.2, -0.15) is 0 Å². The summed E-state index contributed by atoms with van der Waals surface area (Å²) in [5.74, 6) is 2.06. The summed E-state index contributed by atoms with van der Waals surface area (Å²) in [7, 11) is 0. The van der Waals surface area contributed by atoms with Crippen LogP contribution in [0.2, 0.25) is 0 Å². The zero-order valence-corrected chi connectivity index (χ0v) is 13.5. The Bertz CT molecular complexity index is 523. The number of nitrogens with one attached hydrogen (secondary N) is 2. The summed E-state index contributed by atoms with van der Waals surface area (Å²) in [6.07, 6.45) is 6.02. The van der Waals surface area contributed by atoms with E-state index >= 15 is 0 Å². The second-order valence-corrected chi connectivity index (χ2v) is 7.06. The number of imidazole rings is 2. The van der Waals surface area contributed by atoms with Gasteiger partial charge in [-0.15, -0.1) is 0 Å². The third-order valence-corrected chi connectivity index (χ3v) is 4.15. The molecule has 0 aliphatic heterocycles. The molecule has 20 heavy (non-hydrogen) atoms. The Morgan fingerprint density at radius 3 is 2.05 bits per heavy atom. The molecule has 0 unspecified atom stereocenters. The lowest BCUT2D eigenvalue weighted by Crippen LogP contribution is -2.25. The summed E-state index contributed by atoms with van der Waals surface area (Å²) in [6.45, 7) is 13.1. The highest BCUT2D eigenvalue weighted by atomic mass is 14.9. The summed E-state index contributed by atoms with van der Waals surface area (Å²) in [4.78, 5) is 15.5. The van der Waals surface area contributed by atoms with Gasteiger partial charge < -0.3 is 9.97 Å². The molecule has 0 spiro atoms. The van der Waals surface area contributed by atoms with Crippen LogP contribution in [0.15, 0.2) is 12.4 Å². The van der Waals surface area contributed by atoms with Crippen LogP contribution in [0.4, 0.5) is 0 Å². The molecule has 2 heterocycles. The van der Waals surface area contributed by atoms with Gasteiger partial charge in [0, 0.05) is 34.6 Å². The number of nitrogens with zero attached hydrogens (tertiary/aromatic N) is 2. The van der Waals surface area contributed by atoms with Crippen molar-refractivity contribution in [2.24, 2.45) is 0 Å². The summed E-state index contributed by atoms with van der Waals surface area (Å²) in [5, 5.41) is 0. The highest BCUT2D eigenvalue weighted by Crippen LogP contribution is 2.34. The van der Waals surface area contributed by atoms with Gasteiger partial charge in [0.25, 0.3) is 0 Å². The smallest absolute Gasteiger partial charge is 0.111 e. The average Bonchev–Trinajstić information content (AvgIpc) is 2.96. The standard InChI is InChI=1S/C16H26N4/c1-11-9-18-14(19-11)16(5,6)8-7-15(3,4)13-10-17-12(2)20-13/h9-10H,7-8H2,1-6H3,(H,17,20)(H,18,19). The van der Waals surface area contributed by atoms with Crippen molar-refractivity contribution in [3.63, 3.8) is 0 Å². The fourth-order valence-corrected chi connectivity index (χ4v) is 2.40. The van der Waals surface area contributed by atoms with Crippen LogP contribution in [0.5, 0.6) is 0 Å². The van der Waals surface area contributed by atoms with Crippen LogP contribution in [0.3, 0.4) is 0 Å². The monoisotopic (exact) mass is 274 g/mol. The van der Waals surface area contributed by atoms with Crippen molar-refractivity contribution in [1.29, 1.82) is 0 Å². The first-order chi connectivity index (χ1) is 9.21. The number of rotatable bonds is 5. The molecule has 110 valence electrons. The third kappa shape index (κ3) is 3.11. The quantitative estimate of drug-likeness (QED) is 0.871. The van der Waals surface area contributed by atoms with Crippen LogP contribution < -0.4 is 0 Å². The van der Waals surface area contributed by atoms with Gasteiger partial charge in [-0.25, -0.2) is 9.97 Å². The fourth-order valence-electron chi connectivity index (χ4n) is 2.40. The Balaban J connectivity index is 2.07. The van der Waals surface area contributed by atoms with E-state index in [1.54, 1.807) is 0 Å². The first-order valence-corrected chi connectivity index (χ1v) is 7.25. The number of hydrogen-bond acceptors (Lipinski definition) is 2. The molecule has 0 aromatic carbocycles. The average molecular weight is 274 g/mol. The molecule has 2 N–H and O–H groups in total. The molecule has 0 atom stereocenters. The van der Waals surface area contributed by atoms with Gasteiger partial charge in [-0.05, 0) is 26.7 Å². The zero-order valence-electron chi connectivity index (χ0n) is 13.5. The molecule has 0 fully saturated rings. The Hall–Kier alpha value is -1.58. The molecule has 0 amide bonds. The number of H-pyrrole nitrogens is 2. The van der Waals surface area contributed by atoms with Crippen LogP contribution in [0.25, 0.3) is 0 Å². The number of aromatic amines is 2. The van der Waals surface area contributed by atoms with Crippen molar-refractivity contribution in [3.05, 3.63) is 35.4 Å². The highest BCUT2D eigenvalue weighted by Gasteiger charge is 2.29. The van der Waals surface area contributed by atoms with Gasteiger partial charge in [0.1, 0.15) is 11.6 Å². The minimum absolute atomic E-state index is 0.0561. The molecule has 4 nitrogen and oxygen atoms in total. The Morgan fingerprint density at radius 1 is 0.900 bits per heavy atom. The van der Waals surface area contributed by atoms with Gasteiger partial charge in [0.15, 0.2) is 0 Å². The first-order valence-electron chi connectivity index (χ1n) is 7.25. The van der Waals surface area contributed by atoms with E-state index in [-0.39, 0.29) is 10.8 Å². The summed E-state index contributed by atoms with van der Waals surface area (Å²) in [6, 6.07) is 0. The molecule has 0 saturated heterocycles. The summed E-state index contributed by atoms with van der Waals surface area (Å²) in [5.41, 5.74) is 2.48. The SMILES string of the molecule is Cc1cnc(C(C)(C)CCC(C)(C)c2cnc(C)[nH]2)[nH]1. The van der Waals surface area contributed by atoms with E-state index < -0.39 is 0 Å². The maximum absolute atomic E-state index is 4.49. The highest BCUT2D eigenvalue weighted by molar-refractivity contribution is 5.14. The number of aryl methyl sites for hydroxylation is 2. The second-order valence-electron chi connectivity index (χ2n) is 7.06.